The smallest absolute Gasteiger partial charge is 0.307 e. The first-order valence-corrected chi connectivity index (χ1v) is 6.51. The zero-order valence-corrected chi connectivity index (χ0v) is 11.6. The van der Waals surface area contributed by atoms with Crippen molar-refractivity contribution in [3.63, 3.8) is 0 Å². The van der Waals surface area contributed by atoms with Gasteiger partial charge in [0.25, 0.3) is 0 Å². The van der Waals surface area contributed by atoms with Crippen molar-refractivity contribution >= 4 is 27.8 Å². The van der Waals surface area contributed by atoms with Gasteiger partial charge < -0.3 is 10.0 Å². The Morgan fingerprint density at radius 1 is 1.39 bits per heavy atom. The first kappa shape index (κ1) is 13.1. The summed E-state index contributed by atoms with van der Waals surface area (Å²) in [5, 5.41) is 8.81. The number of halogens is 1. The molecule has 5 heteroatoms. The van der Waals surface area contributed by atoms with Crippen LogP contribution in [0.3, 0.4) is 0 Å². The van der Waals surface area contributed by atoms with E-state index in [1.54, 1.807) is 11.9 Å². The summed E-state index contributed by atoms with van der Waals surface area (Å²) in [5.74, 6) is -1.78. The Labute approximate surface area is 114 Å². The number of nitrogens with zero attached hydrogens (tertiary/aromatic N) is 1. The van der Waals surface area contributed by atoms with Crippen LogP contribution in [0.1, 0.15) is 12.0 Å². The number of hydrogen-bond donors (Lipinski definition) is 1. The molecule has 0 aliphatic heterocycles. The van der Waals surface area contributed by atoms with E-state index < -0.39 is 11.9 Å². The summed E-state index contributed by atoms with van der Waals surface area (Å²) in [4.78, 5) is 24.3. The Balaban J connectivity index is 1.97. The molecule has 1 fully saturated rings. The molecule has 2 atom stereocenters. The van der Waals surface area contributed by atoms with Gasteiger partial charge in [-0.3, -0.25) is 9.59 Å². The molecule has 0 heterocycles. The molecule has 0 bridgehead atoms. The second-order valence-electron chi connectivity index (χ2n) is 4.57. The molecule has 1 aliphatic rings. The molecule has 2 rings (SSSR count). The lowest BCUT2D eigenvalue weighted by Crippen LogP contribution is -2.28. The highest BCUT2D eigenvalue weighted by molar-refractivity contribution is 9.10. The van der Waals surface area contributed by atoms with Gasteiger partial charge in [-0.1, -0.05) is 34.1 Å². The predicted molar refractivity (Wildman–Crippen MR) is 69.8 cm³/mol. The van der Waals surface area contributed by atoms with Crippen LogP contribution in [0, 0.1) is 11.8 Å². The van der Waals surface area contributed by atoms with Crippen molar-refractivity contribution in [2.75, 3.05) is 7.05 Å². The minimum Gasteiger partial charge on any atom is -0.481 e. The Morgan fingerprint density at radius 2 is 2.06 bits per heavy atom. The quantitative estimate of drug-likeness (QED) is 0.926. The van der Waals surface area contributed by atoms with Crippen molar-refractivity contribution in [1.29, 1.82) is 0 Å². The maximum Gasteiger partial charge on any atom is 0.307 e. The van der Waals surface area contributed by atoms with Crippen LogP contribution in [0.5, 0.6) is 0 Å². The first-order valence-electron chi connectivity index (χ1n) is 5.72. The molecule has 0 saturated heterocycles. The summed E-state index contributed by atoms with van der Waals surface area (Å²) in [6.07, 6.45) is 0.467. The van der Waals surface area contributed by atoms with Gasteiger partial charge in [0.1, 0.15) is 0 Å². The van der Waals surface area contributed by atoms with E-state index in [-0.39, 0.29) is 11.8 Å². The van der Waals surface area contributed by atoms with Crippen LogP contribution in [0.2, 0.25) is 0 Å². The fourth-order valence-electron chi connectivity index (χ4n) is 1.98. The highest BCUT2D eigenvalue weighted by atomic mass is 79.9. The lowest BCUT2D eigenvalue weighted by atomic mass is 10.2. The molecule has 0 aromatic heterocycles. The highest BCUT2D eigenvalue weighted by Crippen LogP contribution is 2.40. The molecular formula is C13H14BrNO3. The van der Waals surface area contributed by atoms with E-state index in [1.165, 1.54) is 0 Å². The molecule has 18 heavy (non-hydrogen) atoms. The summed E-state index contributed by atoms with van der Waals surface area (Å²) in [5.41, 5.74) is 1.01. The average Bonchev–Trinajstić information content (AvgIpc) is 3.11. The van der Waals surface area contributed by atoms with Crippen LogP contribution in [0.25, 0.3) is 0 Å². The number of carbonyl (C=O) groups excluding carboxylic acids is 1. The van der Waals surface area contributed by atoms with Crippen molar-refractivity contribution in [2.45, 2.75) is 13.0 Å². The minimum absolute atomic E-state index is 0.0850. The fourth-order valence-corrected chi connectivity index (χ4v) is 2.39. The molecule has 1 aromatic carbocycles. The fraction of sp³-hybridized carbons (Fsp3) is 0.385. The Kier molecular flexibility index (Phi) is 3.71. The van der Waals surface area contributed by atoms with E-state index in [0.29, 0.717) is 13.0 Å². The molecule has 1 N–H and O–H groups in total. The highest BCUT2D eigenvalue weighted by Gasteiger charge is 2.49. The van der Waals surface area contributed by atoms with Crippen LogP contribution in [0.15, 0.2) is 28.7 Å². The van der Waals surface area contributed by atoms with Crippen molar-refractivity contribution in [2.24, 2.45) is 11.8 Å². The van der Waals surface area contributed by atoms with Crippen molar-refractivity contribution in [1.82, 2.24) is 4.90 Å². The molecule has 4 nitrogen and oxygen atoms in total. The zero-order valence-electron chi connectivity index (χ0n) is 9.97. The predicted octanol–water partition coefficient (Wildman–Crippen LogP) is 2.13. The van der Waals surface area contributed by atoms with E-state index in [0.717, 1.165) is 10.0 Å². The zero-order chi connectivity index (χ0) is 13.3. The summed E-state index contributed by atoms with van der Waals surface area (Å²) in [6.45, 7) is 0.489. The van der Waals surface area contributed by atoms with E-state index in [2.05, 4.69) is 15.9 Å². The topological polar surface area (TPSA) is 57.6 Å². The number of benzene rings is 1. The Hall–Kier alpha value is -1.36. The monoisotopic (exact) mass is 311 g/mol. The normalized spacial score (nSPS) is 21.4. The van der Waals surface area contributed by atoms with Gasteiger partial charge in [0.05, 0.1) is 11.8 Å². The van der Waals surface area contributed by atoms with Crippen LogP contribution in [-0.4, -0.2) is 28.9 Å². The Bertz CT molecular complexity index is 489. The number of carboxylic acid groups (broad SMARTS) is 1. The summed E-state index contributed by atoms with van der Waals surface area (Å²) >= 11 is 3.43. The van der Waals surface area contributed by atoms with E-state index in [1.807, 2.05) is 24.3 Å². The number of rotatable bonds is 4. The second kappa shape index (κ2) is 5.10. The van der Waals surface area contributed by atoms with Gasteiger partial charge in [-0.25, -0.2) is 0 Å². The third-order valence-corrected chi connectivity index (χ3v) is 3.94. The number of aliphatic carboxylic acids is 1. The van der Waals surface area contributed by atoms with Gasteiger partial charge in [0.2, 0.25) is 5.91 Å². The molecular weight excluding hydrogens is 298 g/mol. The third-order valence-electron chi connectivity index (χ3n) is 3.17. The van der Waals surface area contributed by atoms with Gasteiger partial charge in [0.15, 0.2) is 0 Å². The molecule has 0 spiro atoms. The molecule has 1 amide bonds. The van der Waals surface area contributed by atoms with Crippen molar-refractivity contribution in [3.05, 3.63) is 34.3 Å². The number of carboxylic acids is 1. The molecule has 96 valence electrons. The largest absolute Gasteiger partial charge is 0.481 e. The van der Waals surface area contributed by atoms with Gasteiger partial charge in [-0.2, -0.15) is 0 Å². The summed E-state index contributed by atoms with van der Waals surface area (Å²) < 4.78 is 0.954. The van der Waals surface area contributed by atoms with E-state index >= 15 is 0 Å². The van der Waals surface area contributed by atoms with Crippen LogP contribution in [-0.2, 0) is 16.1 Å². The summed E-state index contributed by atoms with van der Waals surface area (Å²) in [7, 11) is 1.71. The van der Waals surface area contributed by atoms with Gasteiger partial charge in [-0.15, -0.1) is 0 Å². The van der Waals surface area contributed by atoms with Crippen LogP contribution >= 0.6 is 15.9 Å². The SMILES string of the molecule is CN(Cc1ccccc1Br)C(=O)[C@H]1C[C@@H]1C(=O)O. The number of carbonyl (C=O) groups is 2. The number of amides is 1. The molecule has 1 aromatic rings. The van der Waals surface area contributed by atoms with Crippen LogP contribution in [0.4, 0.5) is 0 Å². The average molecular weight is 312 g/mol. The lowest BCUT2D eigenvalue weighted by Gasteiger charge is -2.18. The molecule has 0 unspecified atom stereocenters. The Morgan fingerprint density at radius 3 is 2.61 bits per heavy atom. The summed E-state index contributed by atoms with van der Waals surface area (Å²) in [6, 6.07) is 7.69. The van der Waals surface area contributed by atoms with E-state index in [9.17, 15) is 9.59 Å². The van der Waals surface area contributed by atoms with Gasteiger partial charge in [-0.05, 0) is 18.1 Å². The lowest BCUT2D eigenvalue weighted by molar-refractivity contribution is -0.141. The second-order valence-corrected chi connectivity index (χ2v) is 5.43. The maximum atomic E-state index is 12.0. The molecule has 1 saturated carbocycles. The first-order chi connectivity index (χ1) is 8.50. The standard InChI is InChI=1S/C13H14BrNO3/c1-15(7-8-4-2-3-5-11(8)14)12(16)9-6-10(9)13(17)18/h2-5,9-10H,6-7H2,1H3,(H,17,18)/t9-,10-/m0/s1. The molecule has 1 aliphatic carbocycles. The number of hydrogen-bond acceptors (Lipinski definition) is 2. The van der Waals surface area contributed by atoms with Gasteiger partial charge >= 0.3 is 5.97 Å². The molecule has 0 radical (unpaired) electrons. The maximum absolute atomic E-state index is 12.0. The third kappa shape index (κ3) is 2.72. The van der Waals surface area contributed by atoms with Crippen molar-refractivity contribution < 1.29 is 14.7 Å². The minimum atomic E-state index is -0.873. The van der Waals surface area contributed by atoms with E-state index in [4.69, 9.17) is 5.11 Å². The van der Waals surface area contributed by atoms with Crippen molar-refractivity contribution in [3.8, 4) is 0 Å². The van der Waals surface area contributed by atoms with Gasteiger partial charge in [0, 0.05) is 18.1 Å². The van der Waals surface area contributed by atoms with Crippen LogP contribution < -0.4 is 0 Å².